The Morgan fingerprint density at radius 3 is 2.80 bits per heavy atom. The van der Waals surface area contributed by atoms with E-state index in [-0.39, 0.29) is 16.7 Å². The Hall–Kier alpha value is -0.610. The second-order valence-electron chi connectivity index (χ2n) is 3.49. The summed E-state index contributed by atoms with van der Waals surface area (Å²) in [5, 5.41) is 3.23. The molecule has 1 aromatic heterocycles. The Morgan fingerprint density at radius 1 is 1.60 bits per heavy atom. The van der Waals surface area contributed by atoms with Gasteiger partial charge in [-0.1, -0.05) is 41.4 Å². The van der Waals surface area contributed by atoms with Crippen molar-refractivity contribution in [2.75, 3.05) is 5.32 Å². The van der Waals surface area contributed by atoms with E-state index in [2.05, 4.69) is 26.2 Å². The van der Waals surface area contributed by atoms with Gasteiger partial charge in [0.2, 0.25) is 5.91 Å². The number of hydrogen-bond donors (Lipinski definition) is 1. The largest absolute Gasteiger partial charge is 0.310 e. The highest BCUT2D eigenvalue weighted by Crippen LogP contribution is 2.16. The number of rotatable bonds is 3. The number of aromatic nitrogens is 1. The molecule has 0 radical (unpaired) electrons. The van der Waals surface area contributed by atoms with Gasteiger partial charge in [-0.15, -0.1) is 0 Å². The minimum absolute atomic E-state index is 0.111. The molecule has 1 atom stereocenters. The predicted molar refractivity (Wildman–Crippen MR) is 65.4 cm³/mol. The molecule has 1 aromatic rings. The van der Waals surface area contributed by atoms with Crippen LogP contribution in [0.25, 0.3) is 0 Å². The normalized spacial score (nSPS) is 12.6. The Bertz CT molecular complexity index is 357. The molecule has 1 N–H and O–H groups in total. The van der Waals surface area contributed by atoms with Crippen molar-refractivity contribution < 1.29 is 4.79 Å². The smallest absolute Gasteiger partial charge is 0.239 e. The van der Waals surface area contributed by atoms with Gasteiger partial charge in [-0.25, -0.2) is 4.98 Å². The molecule has 1 rings (SSSR count). The zero-order valence-electron chi connectivity index (χ0n) is 8.50. The first-order valence-corrected chi connectivity index (χ1v) is 5.86. The van der Waals surface area contributed by atoms with Crippen molar-refractivity contribution in [3.05, 3.63) is 23.4 Å². The second-order valence-corrected chi connectivity index (χ2v) is 4.92. The Labute approximate surface area is 102 Å². The van der Waals surface area contributed by atoms with E-state index in [0.717, 1.165) is 0 Å². The van der Waals surface area contributed by atoms with E-state index in [1.807, 2.05) is 13.8 Å². The molecule has 0 aliphatic carbocycles. The SMILES string of the molecule is CC(C)C(Br)C(=O)Nc1cc(Cl)ccn1. The van der Waals surface area contributed by atoms with Crippen LogP contribution in [0.15, 0.2) is 18.3 Å². The van der Waals surface area contributed by atoms with Gasteiger partial charge in [0.25, 0.3) is 0 Å². The summed E-state index contributed by atoms with van der Waals surface area (Å²) in [6, 6.07) is 3.27. The molecular formula is C10H12BrClN2O. The van der Waals surface area contributed by atoms with Crippen LogP contribution in [-0.4, -0.2) is 15.7 Å². The Balaban J connectivity index is 2.66. The van der Waals surface area contributed by atoms with Crippen molar-refractivity contribution in [3.8, 4) is 0 Å². The molecule has 15 heavy (non-hydrogen) atoms. The van der Waals surface area contributed by atoms with Gasteiger partial charge in [0.1, 0.15) is 5.82 Å². The lowest BCUT2D eigenvalue weighted by atomic mass is 10.1. The van der Waals surface area contributed by atoms with Crippen LogP contribution in [0.3, 0.4) is 0 Å². The maximum absolute atomic E-state index is 11.6. The predicted octanol–water partition coefficient (Wildman–Crippen LogP) is 3.09. The summed E-state index contributed by atoms with van der Waals surface area (Å²) in [6.07, 6.45) is 1.55. The number of nitrogens with zero attached hydrogens (tertiary/aromatic N) is 1. The fourth-order valence-electron chi connectivity index (χ4n) is 0.971. The number of amides is 1. The van der Waals surface area contributed by atoms with E-state index in [9.17, 15) is 4.79 Å². The fraction of sp³-hybridized carbons (Fsp3) is 0.400. The molecule has 0 bridgehead atoms. The quantitative estimate of drug-likeness (QED) is 0.870. The van der Waals surface area contributed by atoms with Crippen LogP contribution < -0.4 is 5.32 Å². The highest BCUT2D eigenvalue weighted by atomic mass is 79.9. The van der Waals surface area contributed by atoms with E-state index < -0.39 is 0 Å². The van der Waals surface area contributed by atoms with Gasteiger partial charge >= 0.3 is 0 Å². The number of hydrogen-bond acceptors (Lipinski definition) is 2. The highest BCUT2D eigenvalue weighted by Gasteiger charge is 2.18. The maximum Gasteiger partial charge on any atom is 0.239 e. The van der Waals surface area contributed by atoms with Crippen molar-refractivity contribution in [2.24, 2.45) is 5.92 Å². The average molecular weight is 292 g/mol. The topological polar surface area (TPSA) is 42.0 Å². The lowest BCUT2D eigenvalue weighted by molar-refractivity contribution is -0.116. The molecule has 0 aliphatic rings. The number of halogens is 2. The molecule has 82 valence electrons. The van der Waals surface area contributed by atoms with Crippen LogP contribution in [0.4, 0.5) is 5.82 Å². The summed E-state index contributed by atoms with van der Waals surface area (Å²) in [4.78, 5) is 15.4. The van der Waals surface area contributed by atoms with E-state index in [1.165, 1.54) is 0 Å². The fourth-order valence-corrected chi connectivity index (χ4v) is 1.25. The molecule has 1 unspecified atom stereocenters. The Kier molecular flexibility index (Phi) is 4.54. The lowest BCUT2D eigenvalue weighted by Gasteiger charge is -2.13. The van der Waals surface area contributed by atoms with Crippen molar-refractivity contribution in [1.29, 1.82) is 0 Å². The molecule has 0 saturated carbocycles. The monoisotopic (exact) mass is 290 g/mol. The van der Waals surface area contributed by atoms with Gasteiger partial charge in [0.05, 0.1) is 4.83 Å². The van der Waals surface area contributed by atoms with Crippen LogP contribution in [0.5, 0.6) is 0 Å². The van der Waals surface area contributed by atoms with Crippen molar-refractivity contribution >= 4 is 39.3 Å². The highest BCUT2D eigenvalue weighted by molar-refractivity contribution is 9.10. The summed E-state index contributed by atoms with van der Waals surface area (Å²) in [6.45, 7) is 3.93. The first-order chi connectivity index (χ1) is 7.00. The third-order valence-electron chi connectivity index (χ3n) is 1.81. The summed E-state index contributed by atoms with van der Waals surface area (Å²) in [5.74, 6) is 0.585. The second kappa shape index (κ2) is 5.47. The van der Waals surface area contributed by atoms with Crippen molar-refractivity contribution in [2.45, 2.75) is 18.7 Å². The molecule has 5 heteroatoms. The number of carbonyl (C=O) groups is 1. The first-order valence-electron chi connectivity index (χ1n) is 4.57. The molecule has 1 heterocycles. The number of carbonyl (C=O) groups excluding carboxylic acids is 1. The standard InChI is InChI=1S/C10H12BrClN2O/c1-6(2)9(11)10(15)14-8-5-7(12)3-4-13-8/h3-6,9H,1-2H3,(H,13,14,15). The zero-order valence-corrected chi connectivity index (χ0v) is 10.8. The van der Waals surface area contributed by atoms with E-state index in [1.54, 1.807) is 18.3 Å². The summed E-state index contributed by atoms with van der Waals surface area (Å²) >= 11 is 9.08. The van der Waals surface area contributed by atoms with Gasteiger partial charge in [0, 0.05) is 11.2 Å². The molecule has 1 amide bonds. The minimum atomic E-state index is -0.224. The summed E-state index contributed by atoms with van der Waals surface area (Å²) in [7, 11) is 0. The van der Waals surface area contributed by atoms with Crippen LogP contribution >= 0.6 is 27.5 Å². The first kappa shape index (κ1) is 12.5. The van der Waals surface area contributed by atoms with E-state index in [0.29, 0.717) is 10.8 Å². The molecule has 0 spiro atoms. The number of nitrogens with one attached hydrogen (secondary N) is 1. The molecule has 0 aromatic carbocycles. The lowest BCUT2D eigenvalue weighted by Crippen LogP contribution is -2.27. The zero-order chi connectivity index (χ0) is 11.4. The van der Waals surface area contributed by atoms with Crippen molar-refractivity contribution in [3.63, 3.8) is 0 Å². The van der Waals surface area contributed by atoms with Gasteiger partial charge in [0.15, 0.2) is 0 Å². The Morgan fingerprint density at radius 2 is 2.27 bits per heavy atom. The van der Waals surface area contributed by atoms with E-state index in [4.69, 9.17) is 11.6 Å². The number of anilines is 1. The maximum atomic E-state index is 11.6. The van der Waals surface area contributed by atoms with Gasteiger partial charge in [-0.2, -0.15) is 0 Å². The summed E-state index contributed by atoms with van der Waals surface area (Å²) in [5.41, 5.74) is 0. The number of alkyl halides is 1. The third-order valence-corrected chi connectivity index (χ3v) is 3.52. The molecule has 0 saturated heterocycles. The van der Waals surface area contributed by atoms with E-state index >= 15 is 0 Å². The van der Waals surface area contributed by atoms with Crippen LogP contribution in [0, 0.1) is 5.92 Å². The van der Waals surface area contributed by atoms with Gasteiger partial charge < -0.3 is 5.32 Å². The summed E-state index contributed by atoms with van der Waals surface area (Å²) < 4.78 is 0. The van der Waals surface area contributed by atoms with Gasteiger partial charge in [-0.05, 0) is 18.1 Å². The molecule has 3 nitrogen and oxygen atoms in total. The van der Waals surface area contributed by atoms with Crippen LogP contribution in [0.2, 0.25) is 5.02 Å². The molecule has 0 fully saturated rings. The van der Waals surface area contributed by atoms with Crippen LogP contribution in [0.1, 0.15) is 13.8 Å². The molecule has 0 aliphatic heterocycles. The molecular weight excluding hydrogens is 279 g/mol. The average Bonchev–Trinajstić information content (AvgIpc) is 2.16. The third kappa shape index (κ3) is 3.80. The van der Waals surface area contributed by atoms with Crippen LogP contribution in [-0.2, 0) is 4.79 Å². The number of pyridine rings is 1. The van der Waals surface area contributed by atoms with Crippen molar-refractivity contribution in [1.82, 2.24) is 4.98 Å². The minimum Gasteiger partial charge on any atom is -0.310 e. The van der Waals surface area contributed by atoms with Gasteiger partial charge in [-0.3, -0.25) is 4.79 Å².